The minimum absolute atomic E-state index is 0.359. The molecule has 5 heteroatoms. The highest BCUT2D eigenvalue weighted by Crippen LogP contribution is 2.24. The summed E-state index contributed by atoms with van der Waals surface area (Å²) in [5, 5.41) is 0.815. The summed E-state index contributed by atoms with van der Waals surface area (Å²) in [7, 11) is 0. The molecule has 0 aromatic carbocycles. The minimum Gasteiger partial charge on any atom is -0.388 e. The first-order chi connectivity index (χ1) is 8.20. The SMILES string of the molecule is CSC1CCN(c2ccc(C(N)=S)nc2)CC1. The summed E-state index contributed by atoms with van der Waals surface area (Å²) >= 11 is 6.87. The molecule has 0 bridgehead atoms. The van der Waals surface area contributed by atoms with Crippen molar-refractivity contribution in [2.75, 3.05) is 24.2 Å². The van der Waals surface area contributed by atoms with Crippen molar-refractivity contribution in [2.45, 2.75) is 18.1 Å². The fraction of sp³-hybridized carbons (Fsp3) is 0.500. The van der Waals surface area contributed by atoms with Crippen LogP contribution in [0.5, 0.6) is 0 Å². The Kier molecular flexibility index (Phi) is 4.23. The number of anilines is 1. The lowest BCUT2D eigenvalue weighted by molar-refractivity contribution is 0.591. The second-order valence-corrected chi connectivity index (χ2v) is 5.77. The average molecular weight is 267 g/mol. The largest absolute Gasteiger partial charge is 0.388 e. The maximum Gasteiger partial charge on any atom is 0.122 e. The van der Waals surface area contributed by atoms with Gasteiger partial charge in [-0.2, -0.15) is 11.8 Å². The minimum atomic E-state index is 0.359. The van der Waals surface area contributed by atoms with E-state index in [4.69, 9.17) is 18.0 Å². The molecule has 1 fully saturated rings. The molecular formula is C12H17N3S2. The van der Waals surface area contributed by atoms with Crippen molar-refractivity contribution in [1.29, 1.82) is 0 Å². The molecule has 0 spiro atoms. The Morgan fingerprint density at radius 2 is 2.18 bits per heavy atom. The number of rotatable bonds is 3. The Labute approximate surface area is 112 Å². The summed E-state index contributed by atoms with van der Waals surface area (Å²) in [6.07, 6.45) is 6.56. The molecule has 0 unspecified atom stereocenters. The van der Waals surface area contributed by atoms with E-state index >= 15 is 0 Å². The Bertz CT molecular complexity index is 383. The zero-order chi connectivity index (χ0) is 12.3. The lowest BCUT2D eigenvalue weighted by Gasteiger charge is -2.32. The number of thioether (sulfide) groups is 1. The molecule has 1 aliphatic rings. The van der Waals surface area contributed by atoms with Crippen molar-refractivity contribution in [3.8, 4) is 0 Å². The molecule has 1 aliphatic heterocycles. The standard InChI is InChI=1S/C12H17N3S2/c1-17-10-4-6-15(7-5-10)9-2-3-11(12(13)16)14-8-9/h2-3,8,10H,4-7H2,1H3,(H2,13,16). The van der Waals surface area contributed by atoms with Gasteiger partial charge in [0.1, 0.15) is 4.99 Å². The molecule has 0 aliphatic carbocycles. The number of hydrogen-bond donors (Lipinski definition) is 1. The molecule has 1 aromatic rings. The molecule has 0 amide bonds. The highest BCUT2D eigenvalue weighted by molar-refractivity contribution is 7.99. The molecule has 1 aromatic heterocycles. The zero-order valence-electron chi connectivity index (χ0n) is 9.93. The number of aromatic nitrogens is 1. The maximum atomic E-state index is 5.53. The van der Waals surface area contributed by atoms with Gasteiger partial charge in [0, 0.05) is 18.3 Å². The van der Waals surface area contributed by atoms with Gasteiger partial charge in [-0.05, 0) is 31.2 Å². The molecule has 3 nitrogen and oxygen atoms in total. The fourth-order valence-electron chi connectivity index (χ4n) is 2.07. The normalized spacial score (nSPS) is 17.1. The number of nitrogens with two attached hydrogens (primary N) is 1. The maximum absolute atomic E-state index is 5.53. The third-order valence-corrected chi connectivity index (χ3v) is 4.49. The third-order valence-electron chi connectivity index (χ3n) is 3.14. The summed E-state index contributed by atoms with van der Waals surface area (Å²) in [5.41, 5.74) is 7.40. The smallest absolute Gasteiger partial charge is 0.122 e. The Balaban J connectivity index is 2.01. The number of thiocarbonyl (C=S) groups is 1. The van der Waals surface area contributed by atoms with Gasteiger partial charge in [0.15, 0.2) is 0 Å². The second kappa shape index (κ2) is 5.69. The highest BCUT2D eigenvalue weighted by atomic mass is 32.2. The van der Waals surface area contributed by atoms with Crippen LogP contribution in [0.4, 0.5) is 5.69 Å². The van der Waals surface area contributed by atoms with Gasteiger partial charge in [-0.3, -0.25) is 4.98 Å². The summed E-state index contributed by atoms with van der Waals surface area (Å²) < 4.78 is 0. The first-order valence-electron chi connectivity index (χ1n) is 5.74. The van der Waals surface area contributed by atoms with Crippen LogP contribution in [0, 0.1) is 0 Å². The van der Waals surface area contributed by atoms with Crippen molar-refractivity contribution in [3.63, 3.8) is 0 Å². The van der Waals surface area contributed by atoms with Crippen LogP contribution < -0.4 is 10.6 Å². The van der Waals surface area contributed by atoms with Crippen LogP contribution in [0.3, 0.4) is 0 Å². The molecule has 0 radical (unpaired) electrons. The van der Waals surface area contributed by atoms with Crippen LogP contribution in [0.1, 0.15) is 18.5 Å². The van der Waals surface area contributed by atoms with E-state index in [9.17, 15) is 0 Å². The molecule has 2 rings (SSSR count). The lowest BCUT2D eigenvalue weighted by Crippen LogP contribution is -2.34. The van der Waals surface area contributed by atoms with Crippen molar-refractivity contribution >= 4 is 34.7 Å². The molecular weight excluding hydrogens is 250 g/mol. The first-order valence-corrected chi connectivity index (χ1v) is 7.44. The molecule has 17 heavy (non-hydrogen) atoms. The average Bonchev–Trinajstić information content (AvgIpc) is 2.39. The Morgan fingerprint density at radius 1 is 1.47 bits per heavy atom. The van der Waals surface area contributed by atoms with E-state index in [0.29, 0.717) is 10.7 Å². The molecule has 0 saturated carbocycles. The fourth-order valence-corrected chi connectivity index (χ4v) is 2.87. The Morgan fingerprint density at radius 3 is 2.65 bits per heavy atom. The summed E-state index contributed by atoms with van der Waals surface area (Å²) in [5.74, 6) is 0. The van der Waals surface area contributed by atoms with E-state index in [2.05, 4.69) is 22.2 Å². The van der Waals surface area contributed by atoms with Gasteiger partial charge < -0.3 is 10.6 Å². The topological polar surface area (TPSA) is 42.1 Å². The monoisotopic (exact) mass is 267 g/mol. The van der Waals surface area contributed by atoms with Gasteiger partial charge >= 0.3 is 0 Å². The Hall–Kier alpha value is -0.810. The third kappa shape index (κ3) is 3.10. The summed E-state index contributed by atoms with van der Waals surface area (Å²) in [6, 6.07) is 3.96. The van der Waals surface area contributed by atoms with E-state index in [-0.39, 0.29) is 0 Å². The predicted octanol–water partition coefficient (Wildman–Crippen LogP) is 2.05. The number of nitrogens with zero attached hydrogens (tertiary/aromatic N) is 2. The van der Waals surface area contributed by atoms with Gasteiger partial charge in [-0.15, -0.1) is 0 Å². The van der Waals surface area contributed by atoms with Gasteiger partial charge in [0.25, 0.3) is 0 Å². The molecule has 2 heterocycles. The van der Waals surface area contributed by atoms with Gasteiger partial charge in [0.05, 0.1) is 17.6 Å². The lowest BCUT2D eigenvalue weighted by atomic mass is 10.1. The summed E-state index contributed by atoms with van der Waals surface area (Å²) in [6.45, 7) is 2.22. The van der Waals surface area contributed by atoms with Crippen LogP contribution in [0.15, 0.2) is 18.3 Å². The number of piperidine rings is 1. The van der Waals surface area contributed by atoms with Crippen molar-refractivity contribution in [3.05, 3.63) is 24.0 Å². The predicted molar refractivity (Wildman–Crippen MR) is 78.9 cm³/mol. The molecule has 0 atom stereocenters. The van der Waals surface area contributed by atoms with Crippen molar-refractivity contribution < 1.29 is 0 Å². The van der Waals surface area contributed by atoms with E-state index in [1.165, 1.54) is 18.5 Å². The van der Waals surface area contributed by atoms with Crippen LogP contribution >= 0.6 is 24.0 Å². The van der Waals surface area contributed by atoms with E-state index in [1.807, 2.05) is 24.0 Å². The highest BCUT2D eigenvalue weighted by Gasteiger charge is 2.18. The van der Waals surface area contributed by atoms with Gasteiger partial charge in [0.2, 0.25) is 0 Å². The quantitative estimate of drug-likeness (QED) is 0.849. The molecule has 92 valence electrons. The molecule has 2 N–H and O–H groups in total. The van der Waals surface area contributed by atoms with Crippen LogP contribution in [0.25, 0.3) is 0 Å². The van der Waals surface area contributed by atoms with E-state index < -0.39 is 0 Å². The number of hydrogen-bond acceptors (Lipinski definition) is 4. The second-order valence-electron chi connectivity index (χ2n) is 4.19. The van der Waals surface area contributed by atoms with E-state index in [1.54, 1.807) is 0 Å². The summed E-state index contributed by atoms with van der Waals surface area (Å²) in [4.78, 5) is 7.02. The number of pyridine rings is 1. The van der Waals surface area contributed by atoms with Crippen molar-refractivity contribution in [1.82, 2.24) is 4.98 Å². The first kappa shape index (κ1) is 12.6. The van der Waals surface area contributed by atoms with Crippen molar-refractivity contribution in [2.24, 2.45) is 5.73 Å². The van der Waals surface area contributed by atoms with Crippen LogP contribution in [-0.2, 0) is 0 Å². The van der Waals surface area contributed by atoms with E-state index in [0.717, 1.165) is 18.3 Å². The van der Waals surface area contributed by atoms with Crippen LogP contribution in [-0.4, -0.2) is 34.6 Å². The van der Waals surface area contributed by atoms with Gasteiger partial charge in [-0.25, -0.2) is 0 Å². The van der Waals surface area contributed by atoms with Gasteiger partial charge in [-0.1, -0.05) is 12.2 Å². The molecule has 1 saturated heterocycles. The zero-order valence-corrected chi connectivity index (χ0v) is 11.6. The van der Waals surface area contributed by atoms with Crippen LogP contribution in [0.2, 0.25) is 0 Å².